The highest BCUT2D eigenvalue weighted by Crippen LogP contribution is 2.24. The lowest BCUT2D eigenvalue weighted by Gasteiger charge is -2.19. The summed E-state index contributed by atoms with van der Waals surface area (Å²) in [5.74, 6) is 1.23. The number of hydrogen-bond donors (Lipinski definition) is 2. The molecule has 1 aromatic rings. The van der Waals surface area contributed by atoms with E-state index in [4.69, 9.17) is 10.5 Å². The lowest BCUT2D eigenvalue weighted by Crippen LogP contribution is -2.31. The van der Waals surface area contributed by atoms with Gasteiger partial charge in [0.25, 0.3) is 0 Å². The summed E-state index contributed by atoms with van der Waals surface area (Å²) < 4.78 is 5.67. The molecule has 4 heteroatoms. The van der Waals surface area contributed by atoms with Crippen LogP contribution in [0.3, 0.4) is 0 Å². The Morgan fingerprint density at radius 3 is 2.45 bits per heavy atom. The molecule has 1 rings (SSSR count). The van der Waals surface area contributed by atoms with Gasteiger partial charge in [-0.1, -0.05) is 39.8 Å². The molecule has 1 aromatic carbocycles. The van der Waals surface area contributed by atoms with Gasteiger partial charge in [-0.25, -0.2) is 0 Å². The van der Waals surface area contributed by atoms with Crippen molar-refractivity contribution in [3.63, 3.8) is 0 Å². The predicted molar refractivity (Wildman–Crippen MR) is 91.1 cm³/mol. The molecule has 0 aromatic heterocycles. The molecule has 22 heavy (non-hydrogen) atoms. The Morgan fingerprint density at radius 2 is 1.91 bits per heavy atom. The van der Waals surface area contributed by atoms with Gasteiger partial charge < -0.3 is 15.8 Å². The van der Waals surface area contributed by atoms with Gasteiger partial charge in [-0.15, -0.1) is 0 Å². The average Bonchev–Trinajstić information content (AvgIpc) is 2.48. The molecule has 0 aliphatic rings. The van der Waals surface area contributed by atoms with Crippen LogP contribution >= 0.6 is 0 Å². The minimum absolute atomic E-state index is 0.0620. The Kier molecular flexibility index (Phi) is 7.39. The fourth-order valence-corrected chi connectivity index (χ4v) is 1.93. The number of ether oxygens (including phenoxy) is 1. The first-order valence-electron chi connectivity index (χ1n) is 8.03. The summed E-state index contributed by atoms with van der Waals surface area (Å²) in [4.78, 5) is 11.6. The Labute approximate surface area is 134 Å². The number of amides is 1. The molecular weight excluding hydrogens is 276 g/mol. The second-order valence-electron chi connectivity index (χ2n) is 6.87. The zero-order valence-electron chi connectivity index (χ0n) is 14.3. The number of carbonyl (C=O) groups is 1. The predicted octanol–water partition coefficient (Wildman–Crippen LogP) is 2.85. The molecule has 0 aliphatic carbocycles. The van der Waals surface area contributed by atoms with Crippen molar-refractivity contribution in [2.45, 2.75) is 46.0 Å². The molecule has 0 saturated carbocycles. The van der Waals surface area contributed by atoms with Crippen molar-refractivity contribution in [1.29, 1.82) is 0 Å². The Hall–Kier alpha value is -1.55. The summed E-state index contributed by atoms with van der Waals surface area (Å²) in [6.07, 6.45) is 1.20. The van der Waals surface area contributed by atoms with Crippen molar-refractivity contribution in [3.05, 3.63) is 29.8 Å². The van der Waals surface area contributed by atoms with Gasteiger partial charge in [0.05, 0.1) is 6.61 Å². The van der Waals surface area contributed by atoms with Gasteiger partial charge in [0.1, 0.15) is 5.75 Å². The van der Waals surface area contributed by atoms with E-state index < -0.39 is 0 Å². The highest BCUT2D eigenvalue weighted by molar-refractivity contribution is 5.75. The van der Waals surface area contributed by atoms with Gasteiger partial charge in [0.2, 0.25) is 5.91 Å². The second-order valence-corrected chi connectivity index (χ2v) is 6.87. The molecule has 0 saturated heterocycles. The number of benzene rings is 1. The van der Waals surface area contributed by atoms with Crippen molar-refractivity contribution in [2.75, 3.05) is 19.7 Å². The van der Waals surface area contributed by atoms with Crippen LogP contribution in [0.15, 0.2) is 24.3 Å². The van der Waals surface area contributed by atoms with Gasteiger partial charge in [-0.3, -0.25) is 4.79 Å². The molecule has 124 valence electrons. The smallest absolute Gasteiger partial charge is 0.220 e. The fraction of sp³-hybridized carbons (Fsp3) is 0.611. The maximum Gasteiger partial charge on any atom is 0.220 e. The zero-order chi connectivity index (χ0) is 16.6. The molecule has 0 radical (unpaired) electrons. The zero-order valence-corrected chi connectivity index (χ0v) is 14.3. The van der Waals surface area contributed by atoms with Gasteiger partial charge in [-0.05, 0) is 42.0 Å². The third kappa shape index (κ3) is 6.94. The lowest BCUT2D eigenvalue weighted by atomic mass is 9.87. The summed E-state index contributed by atoms with van der Waals surface area (Å²) in [6.45, 7) is 10.4. The third-order valence-corrected chi connectivity index (χ3v) is 3.59. The number of nitrogens with one attached hydrogen (secondary N) is 1. The maximum atomic E-state index is 11.6. The average molecular weight is 306 g/mol. The normalized spacial score (nSPS) is 12.8. The van der Waals surface area contributed by atoms with Crippen LogP contribution < -0.4 is 15.8 Å². The monoisotopic (exact) mass is 306 g/mol. The SMILES string of the molecule is CC(CN)CNC(=O)CCCOc1ccc(C(C)(C)C)cc1. The molecule has 3 N–H and O–H groups in total. The summed E-state index contributed by atoms with van der Waals surface area (Å²) in [5.41, 5.74) is 6.95. The maximum absolute atomic E-state index is 11.6. The first-order valence-corrected chi connectivity index (χ1v) is 8.03. The molecule has 0 spiro atoms. The summed E-state index contributed by atoms with van der Waals surface area (Å²) in [7, 11) is 0. The number of rotatable bonds is 8. The Morgan fingerprint density at radius 1 is 1.27 bits per heavy atom. The molecule has 1 amide bonds. The van der Waals surface area contributed by atoms with E-state index in [1.54, 1.807) is 0 Å². The number of hydrogen-bond acceptors (Lipinski definition) is 3. The van der Waals surface area contributed by atoms with E-state index in [0.717, 1.165) is 5.75 Å². The van der Waals surface area contributed by atoms with Crippen LogP contribution in [-0.4, -0.2) is 25.6 Å². The van der Waals surface area contributed by atoms with Gasteiger partial charge >= 0.3 is 0 Å². The van der Waals surface area contributed by atoms with E-state index in [-0.39, 0.29) is 11.3 Å². The molecule has 0 bridgehead atoms. The van der Waals surface area contributed by atoms with E-state index in [0.29, 0.717) is 38.5 Å². The summed E-state index contributed by atoms with van der Waals surface area (Å²) in [5, 5.41) is 2.88. The van der Waals surface area contributed by atoms with Crippen molar-refractivity contribution >= 4 is 5.91 Å². The number of carbonyl (C=O) groups excluding carboxylic acids is 1. The van der Waals surface area contributed by atoms with Crippen LogP contribution in [0.4, 0.5) is 0 Å². The topological polar surface area (TPSA) is 64.3 Å². The van der Waals surface area contributed by atoms with Crippen LogP contribution in [-0.2, 0) is 10.2 Å². The number of nitrogens with two attached hydrogens (primary N) is 1. The van der Waals surface area contributed by atoms with E-state index in [1.165, 1.54) is 5.56 Å². The summed E-state index contributed by atoms with van der Waals surface area (Å²) >= 11 is 0. The van der Waals surface area contributed by atoms with E-state index in [9.17, 15) is 4.79 Å². The van der Waals surface area contributed by atoms with Crippen LogP contribution in [0.1, 0.15) is 46.1 Å². The third-order valence-electron chi connectivity index (χ3n) is 3.59. The first kappa shape index (κ1) is 18.5. The van der Waals surface area contributed by atoms with Gasteiger partial charge in [0.15, 0.2) is 0 Å². The molecule has 4 nitrogen and oxygen atoms in total. The Balaban J connectivity index is 2.23. The second kappa shape index (κ2) is 8.79. The lowest BCUT2D eigenvalue weighted by molar-refractivity contribution is -0.121. The van der Waals surface area contributed by atoms with Crippen molar-refractivity contribution in [2.24, 2.45) is 11.7 Å². The largest absolute Gasteiger partial charge is 0.494 e. The Bertz CT molecular complexity index is 449. The van der Waals surface area contributed by atoms with E-state index in [1.807, 2.05) is 19.1 Å². The molecule has 0 heterocycles. The van der Waals surface area contributed by atoms with Crippen LogP contribution in [0.5, 0.6) is 5.75 Å². The molecule has 1 atom stereocenters. The minimum Gasteiger partial charge on any atom is -0.494 e. The van der Waals surface area contributed by atoms with Gasteiger partial charge in [-0.2, -0.15) is 0 Å². The van der Waals surface area contributed by atoms with Crippen molar-refractivity contribution < 1.29 is 9.53 Å². The molecular formula is C18H30N2O2. The molecule has 0 fully saturated rings. The van der Waals surface area contributed by atoms with Crippen molar-refractivity contribution in [3.8, 4) is 5.75 Å². The van der Waals surface area contributed by atoms with Crippen LogP contribution in [0.25, 0.3) is 0 Å². The fourth-order valence-electron chi connectivity index (χ4n) is 1.93. The minimum atomic E-state index is 0.0620. The highest BCUT2D eigenvalue weighted by Gasteiger charge is 2.12. The molecule has 0 aliphatic heterocycles. The van der Waals surface area contributed by atoms with E-state index >= 15 is 0 Å². The molecule has 1 unspecified atom stereocenters. The van der Waals surface area contributed by atoms with Crippen molar-refractivity contribution in [1.82, 2.24) is 5.32 Å². The highest BCUT2D eigenvalue weighted by atomic mass is 16.5. The van der Waals surface area contributed by atoms with Gasteiger partial charge in [0, 0.05) is 13.0 Å². The van der Waals surface area contributed by atoms with Crippen LogP contribution in [0, 0.1) is 5.92 Å². The quantitative estimate of drug-likeness (QED) is 0.726. The summed E-state index contributed by atoms with van der Waals surface area (Å²) in [6, 6.07) is 8.17. The standard InChI is InChI=1S/C18H30N2O2/c1-14(12-19)13-20-17(21)6-5-11-22-16-9-7-15(8-10-16)18(2,3)4/h7-10,14H,5-6,11-13,19H2,1-4H3,(H,20,21). The first-order chi connectivity index (χ1) is 10.3. The van der Waals surface area contributed by atoms with E-state index in [2.05, 4.69) is 38.2 Å². The van der Waals surface area contributed by atoms with Crippen LogP contribution in [0.2, 0.25) is 0 Å².